The van der Waals surface area contributed by atoms with E-state index in [2.05, 4.69) is 10.2 Å². The van der Waals surface area contributed by atoms with Crippen LogP contribution in [-0.4, -0.2) is 12.7 Å². The van der Waals surface area contributed by atoms with E-state index in [1.165, 1.54) is 0 Å². The second kappa shape index (κ2) is 4.87. The molecule has 0 radical (unpaired) electrons. The number of para-hydroxylation sites is 2. The third-order valence-electron chi connectivity index (χ3n) is 1.54. The fourth-order valence-corrected chi connectivity index (χ4v) is 0.954. The van der Waals surface area contributed by atoms with Crippen molar-refractivity contribution in [3.8, 4) is 0 Å². The predicted molar refractivity (Wildman–Crippen MR) is 53.3 cm³/mol. The van der Waals surface area contributed by atoms with Crippen molar-refractivity contribution in [2.45, 2.75) is 6.92 Å². The molecule has 0 aliphatic carbocycles. The van der Waals surface area contributed by atoms with Crippen LogP contribution in [0.2, 0.25) is 0 Å². The van der Waals surface area contributed by atoms with Crippen LogP contribution in [0.1, 0.15) is 6.92 Å². The molecule has 1 N–H and O–H groups in total. The number of carbonyl (C=O) groups excluding carboxylic acids is 1. The summed E-state index contributed by atoms with van der Waals surface area (Å²) >= 11 is 0. The second-order valence-corrected chi connectivity index (χ2v) is 2.47. The van der Waals surface area contributed by atoms with Crippen molar-refractivity contribution in [2.75, 3.05) is 11.9 Å². The Morgan fingerprint density at radius 2 is 2.29 bits per heavy atom. The SMILES string of the molecule is [C-]#[N+]c1ccccc1NC(=O)OCC. The lowest BCUT2D eigenvalue weighted by atomic mass is 10.3. The van der Waals surface area contributed by atoms with Gasteiger partial charge in [-0.1, -0.05) is 18.2 Å². The Bertz CT molecular complexity index is 369. The van der Waals surface area contributed by atoms with Gasteiger partial charge in [0.25, 0.3) is 0 Å². The number of carbonyl (C=O) groups is 1. The summed E-state index contributed by atoms with van der Waals surface area (Å²) in [5.74, 6) is 0. The van der Waals surface area contributed by atoms with Crippen LogP contribution in [0.3, 0.4) is 0 Å². The maximum absolute atomic E-state index is 11.0. The Balaban J connectivity index is 2.77. The van der Waals surface area contributed by atoms with Crippen LogP contribution in [0.4, 0.5) is 16.2 Å². The van der Waals surface area contributed by atoms with E-state index in [0.29, 0.717) is 18.0 Å². The molecule has 0 atom stereocenters. The van der Waals surface area contributed by atoms with Gasteiger partial charge in [-0.2, -0.15) is 0 Å². The number of benzene rings is 1. The molecule has 0 aromatic heterocycles. The molecule has 0 aliphatic rings. The molecule has 1 aromatic rings. The molecule has 0 fully saturated rings. The summed E-state index contributed by atoms with van der Waals surface area (Å²) in [6.07, 6.45) is -0.538. The lowest BCUT2D eigenvalue weighted by Crippen LogP contribution is -2.13. The molecule has 1 rings (SSSR count). The zero-order valence-corrected chi connectivity index (χ0v) is 7.78. The van der Waals surface area contributed by atoms with E-state index in [9.17, 15) is 4.79 Å². The fourth-order valence-electron chi connectivity index (χ4n) is 0.954. The molecule has 0 heterocycles. The Morgan fingerprint density at radius 1 is 1.57 bits per heavy atom. The van der Waals surface area contributed by atoms with E-state index < -0.39 is 6.09 Å². The zero-order chi connectivity index (χ0) is 10.4. The number of hydrogen-bond donors (Lipinski definition) is 1. The quantitative estimate of drug-likeness (QED) is 0.728. The van der Waals surface area contributed by atoms with E-state index in [-0.39, 0.29) is 0 Å². The highest BCUT2D eigenvalue weighted by Crippen LogP contribution is 2.23. The van der Waals surface area contributed by atoms with Gasteiger partial charge in [0, 0.05) is 5.69 Å². The normalized spacial score (nSPS) is 8.86. The summed E-state index contributed by atoms with van der Waals surface area (Å²) in [6.45, 7) is 8.90. The molecule has 72 valence electrons. The van der Waals surface area contributed by atoms with Crippen molar-refractivity contribution in [1.29, 1.82) is 0 Å². The number of rotatable bonds is 2. The first kappa shape index (κ1) is 10.1. The maximum Gasteiger partial charge on any atom is 0.410 e. The number of hydrogen-bond acceptors (Lipinski definition) is 2. The van der Waals surface area contributed by atoms with Gasteiger partial charge < -0.3 is 10.1 Å². The van der Waals surface area contributed by atoms with Gasteiger partial charge in [-0.15, -0.1) is 0 Å². The van der Waals surface area contributed by atoms with Crippen molar-refractivity contribution in [1.82, 2.24) is 0 Å². The van der Waals surface area contributed by atoms with E-state index in [1.807, 2.05) is 0 Å². The Labute approximate surface area is 82.3 Å². The number of ether oxygens (including phenoxy) is 1. The van der Waals surface area contributed by atoms with Crippen LogP contribution in [0.5, 0.6) is 0 Å². The fraction of sp³-hybridized carbons (Fsp3) is 0.200. The molecule has 4 heteroatoms. The van der Waals surface area contributed by atoms with Crippen LogP contribution in [0, 0.1) is 6.57 Å². The van der Waals surface area contributed by atoms with E-state index >= 15 is 0 Å². The maximum atomic E-state index is 11.0. The van der Waals surface area contributed by atoms with E-state index in [4.69, 9.17) is 11.3 Å². The first-order valence-electron chi connectivity index (χ1n) is 4.18. The summed E-state index contributed by atoms with van der Waals surface area (Å²) in [4.78, 5) is 14.3. The topological polar surface area (TPSA) is 42.7 Å². The van der Waals surface area contributed by atoms with Gasteiger partial charge in [0.05, 0.1) is 13.2 Å². The smallest absolute Gasteiger partial charge is 0.410 e. The van der Waals surface area contributed by atoms with Crippen molar-refractivity contribution in [3.63, 3.8) is 0 Å². The number of nitrogens with one attached hydrogen (secondary N) is 1. The molecule has 0 aliphatic heterocycles. The first-order valence-corrected chi connectivity index (χ1v) is 4.18. The van der Waals surface area contributed by atoms with Crippen molar-refractivity contribution in [3.05, 3.63) is 35.7 Å². The highest BCUT2D eigenvalue weighted by Gasteiger charge is 2.05. The summed E-state index contributed by atoms with van der Waals surface area (Å²) in [7, 11) is 0. The highest BCUT2D eigenvalue weighted by molar-refractivity contribution is 5.89. The summed E-state index contributed by atoms with van der Waals surface area (Å²) in [6, 6.07) is 6.78. The average Bonchev–Trinajstić information content (AvgIpc) is 2.19. The molecular weight excluding hydrogens is 180 g/mol. The van der Waals surface area contributed by atoms with Crippen LogP contribution in [0.15, 0.2) is 24.3 Å². The third-order valence-corrected chi connectivity index (χ3v) is 1.54. The zero-order valence-electron chi connectivity index (χ0n) is 7.78. The summed E-state index contributed by atoms with van der Waals surface area (Å²) in [5, 5.41) is 2.49. The van der Waals surface area contributed by atoms with Crippen molar-refractivity contribution < 1.29 is 9.53 Å². The molecule has 1 aromatic carbocycles. The molecule has 0 bridgehead atoms. The van der Waals surface area contributed by atoms with Gasteiger partial charge in [0.2, 0.25) is 5.69 Å². The van der Waals surface area contributed by atoms with Gasteiger partial charge in [-0.25, -0.2) is 9.64 Å². The van der Waals surface area contributed by atoms with Crippen LogP contribution in [-0.2, 0) is 4.74 Å². The van der Waals surface area contributed by atoms with Crippen molar-refractivity contribution >= 4 is 17.5 Å². The standard InChI is InChI=1S/C10H10N2O2/c1-3-14-10(13)12-9-7-5-4-6-8(9)11-2/h4-7H,3H2,1H3,(H,12,13). The molecule has 1 amide bonds. The Kier molecular flexibility index (Phi) is 3.50. The molecule has 4 nitrogen and oxygen atoms in total. The lowest BCUT2D eigenvalue weighted by molar-refractivity contribution is 0.168. The Morgan fingerprint density at radius 3 is 2.93 bits per heavy atom. The lowest BCUT2D eigenvalue weighted by Gasteiger charge is -2.05. The number of nitrogens with zero attached hydrogens (tertiary/aromatic N) is 1. The summed E-state index contributed by atoms with van der Waals surface area (Å²) in [5.41, 5.74) is 0.876. The minimum absolute atomic E-state index is 0.312. The van der Waals surface area contributed by atoms with Gasteiger partial charge in [0.1, 0.15) is 0 Å². The van der Waals surface area contributed by atoms with Crippen LogP contribution >= 0.6 is 0 Å². The monoisotopic (exact) mass is 190 g/mol. The van der Waals surface area contributed by atoms with Gasteiger partial charge in [-0.05, 0) is 13.0 Å². The minimum atomic E-state index is -0.538. The molecule has 0 saturated heterocycles. The van der Waals surface area contributed by atoms with Gasteiger partial charge >= 0.3 is 6.09 Å². The van der Waals surface area contributed by atoms with Crippen LogP contribution in [0.25, 0.3) is 4.85 Å². The largest absolute Gasteiger partial charge is 0.450 e. The Hall–Kier alpha value is -2.02. The molecule has 0 unspecified atom stereocenters. The van der Waals surface area contributed by atoms with Gasteiger partial charge in [0.15, 0.2) is 0 Å². The second-order valence-electron chi connectivity index (χ2n) is 2.47. The third kappa shape index (κ3) is 2.49. The molecule has 14 heavy (non-hydrogen) atoms. The predicted octanol–water partition coefficient (Wildman–Crippen LogP) is 2.81. The molecule has 0 spiro atoms. The molecular formula is C10H10N2O2. The first-order chi connectivity index (χ1) is 6.77. The summed E-state index contributed by atoms with van der Waals surface area (Å²) < 4.78 is 4.69. The number of amides is 1. The van der Waals surface area contributed by atoms with Crippen LogP contribution < -0.4 is 5.32 Å². The average molecular weight is 190 g/mol. The highest BCUT2D eigenvalue weighted by atomic mass is 16.5. The van der Waals surface area contributed by atoms with Crippen molar-refractivity contribution in [2.24, 2.45) is 0 Å². The van der Waals surface area contributed by atoms with E-state index in [0.717, 1.165) is 0 Å². The molecule has 0 saturated carbocycles. The van der Waals surface area contributed by atoms with Gasteiger partial charge in [-0.3, -0.25) is 0 Å². The minimum Gasteiger partial charge on any atom is -0.450 e. The van der Waals surface area contributed by atoms with E-state index in [1.54, 1.807) is 31.2 Å². The number of anilines is 1.